The van der Waals surface area contributed by atoms with Crippen LogP contribution in [0, 0.1) is 18.8 Å². The first kappa shape index (κ1) is 26.4. The molecule has 0 saturated heterocycles. The Balaban J connectivity index is 2.49. The molecule has 0 saturated carbocycles. The van der Waals surface area contributed by atoms with Gasteiger partial charge in [-0.05, 0) is 24.8 Å². The second-order valence-corrected chi connectivity index (χ2v) is 9.04. The molecule has 0 aromatic carbocycles. The van der Waals surface area contributed by atoms with Gasteiger partial charge >= 0.3 is 5.69 Å². The van der Waals surface area contributed by atoms with Crippen LogP contribution in [0.15, 0.2) is 15.7 Å². The molecule has 0 atom stereocenters. The monoisotopic (exact) mass is 480 g/mol. The molecule has 1 amide bonds. The molecule has 3 N–H and O–H groups in total. The second-order valence-electron chi connectivity index (χ2n) is 8.68. The number of H-pyrrole nitrogens is 1. The molecule has 2 rings (SSSR count). The fraction of sp³-hybridized carbons (Fsp3) is 0.545. The molecule has 2 aromatic rings. The molecule has 182 valence electrons. The Morgan fingerprint density at radius 3 is 2.45 bits per heavy atom. The maximum Gasteiger partial charge on any atom is 0.330 e. The number of carbonyl (C=O) groups excluding carboxylic acids is 1. The van der Waals surface area contributed by atoms with Gasteiger partial charge in [-0.2, -0.15) is 5.10 Å². The normalized spacial score (nSPS) is 11.8. The van der Waals surface area contributed by atoms with Crippen molar-refractivity contribution in [1.29, 1.82) is 0 Å². The van der Waals surface area contributed by atoms with E-state index in [2.05, 4.69) is 23.9 Å². The van der Waals surface area contributed by atoms with Crippen LogP contribution in [0.1, 0.15) is 39.0 Å². The molecular weight excluding hydrogens is 448 g/mol. The van der Waals surface area contributed by atoms with Gasteiger partial charge in [0.1, 0.15) is 11.0 Å². The third-order valence-electron chi connectivity index (χ3n) is 4.86. The predicted octanol–water partition coefficient (Wildman–Crippen LogP) is 2.28. The van der Waals surface area contributed by atoms with Crippen molar-refractivity contribution in [3.8, 4) is 0 Å². The molecule has 0 aliphatic rings. The average Bonchev–Trinajstić information content (AvgIpc) is 2.97. The molecule has 0 fully saturated rings. The van der Waals surface area contributed by atoms with E-state index in [-0.39, 0.29) is 30.6 Å². The van der Waals surface area contributed by atoms with Crippen molar-refractivity contribution >= 4 is 35.1 Å². The molecule has 11 heteroatoms. The number of nitrogens with zero attached hydrogens (tertiary/aromatic N) is 4. The van der Waals surface area contributed by atoms with E-state index >= 15 is 0 Å². The van der Waals surface area contributed by atoms with Crippen molar-refractivity contribution < 1.29 is 9.53 Å². The average molecular weight is 481 g/mol. The summed E-state index contributed by atoms with van der Waals surface area (Å²) < 4.78 is 8.06. The van der Waals surface area contributed by atoms with Crippen LogP contribution in [0.5, 0.6) is 0 Å². The minimum Gasteiger partial charge on any atom is -0.383 e. The number of halogens is 1. The second kappa shape index (κ2) is 11.3. The summed E-state index contributed by atoms with van der Waals surface area (Å²) in [6.45, 7) is 10.9. The van der Waals surface area contributed by atoms with Crippen LogP contribution in [0.4, 0.5) is 11.5 Å². The van der Waals surface area contributed by atoms with Gasteiger partial charge in [-0.1, -0.05) is 39.3 Å². The van der Waals surface area contributed by atoms with E-state index in [1.165, 1.54) is 22.7 Å². The maximum atomic E-state index is 13.2. The van der Waals surface area contributed by atoms with Gasteiger partial charge in [0, 0.05) is 38.4 Å². The molecule has 33 heavy (non-hydrogen) atoms. The van der Waals surface area contributed by atoms with Crippen LogP contribution in [0.2, 0.25) is 5.15 Å². The molecule has 0 bridgehead atoms. The van der Waals surface area contributed by atoms with Crippen molar-refractivity contribution in [2.24, 2.45) is 11.8 Å². The summed E-state index contributed by atoms with van der Waals surface area (Å²) in [5.41, 5.74) is 6.03. The van der Waals surface area contributed by atoms with E-state index in [1.54, 1.807) is 17.7 Å². The Bertz CT molecular complexity index is 1130. The zero-order valence-electron chi connectivity index (χ0n) is 20.0. The van der Waals surface area contributed by atoms with Gasteiger partial charge in [0.25, 0.3) is 11.5 Å². The quantitative estimate of drug-likeness (QED) is 0.502. The zero-order chi connectivity index (χ0) is 24.9. The summed E-state index contributed by atoms with van der Waals surface area (Å²) in [6.07, 6.45) is 2.88. The van der Waals surface area contributed by atoms with Crippen molar-refractivity contribution in [2.75, 3.05) is 30.9 Å². The lowest BCUT2D eigenvalue weighted by molar-refractivity contribution is -0.114. The zero-order valence-corrected chi connectivity index (χ0v) is 20.8. The van der Waals surface area contributed by atoms with Crippen LogP contribution in [-0.4, -0.2) is 45.5 Å². The summed E-state index contributed by atoms with van der Waals surface area (Å²) >= 11 is 6.47. The molecule has 2 aromatic heterocycles. The summed E-state index contributed by atoms with van der Waals surface area (Å²) in [5, 5.41) is 4.86. The topological polar surface area (TPSA) is 128 Å². The van der Waals surface area contributed by atoms with Gasteiger partial charge in [-0.25, -0.2) is 4.79 Å². The number of rotatable bonds is 10. The van der Waals surface area contributed by atoms with Crippen LogP contribution >= 0.6 is 11.6 Å². The Labute approximate surface area is 198 Å². The molecule has 10 nitrogen and oxygen atoms in total. The lowest BCUT2D eigenvalue weighted by Gasteiger charge is -2.23. The van der Waals surface area contributed by atoms with E-state index in [4.69, 9.17) is 22.1 Å². The number of nitrogens with one attached hydrogen (secondary N) is 1. The Hall–Kier alpha value is -2.85. The molecule has 0 unspecified atom stereocenters. The summed E-state index contributed by atoms with van der Waals surface area (Å²) in [4.78, 5) is 41.6. The number of aryl methyl sites for hydroxylation is 1. The third-order valence-corrected chi connectivity index (χ3v) is 5.26. The van der Waals surface area contributed by atoms with Crippen LogP contribution in [0.3, 0.4) is 0 Å². The van der Waals surface area contributed by atoms with E-state index in [9.17, 15) is 14.4 Å². The number of amides is 1. The van der Waals surface area contributed by atoms with E-state index in [0.717, 1.165) is 0 Å². The van der Waals surface area contributed by atoms with E-state index < -0.39 is 17.2 Å². The molecule has 0 radical (unpaired) electrons. The highest BCUT2D eigenvalue weighted by molar-refractivity contribution is 6.31. The first-order valence-electron chi connectivity index (χ1n) is 10.8. The number of aromatic amines is 1. The minimum atomic E-state index is -0.741. The van der Waals surface area contributed by atoms with Crippen LogP contribution < -0.4 is 21.9 Å². The molecule has 0 aliphatic carbocycles. The first-order valence-corrected chi connectivity index (χ1v) is 11.2. The third kappa shape index (κ3) is 6.35. The number of hydrogen-bond donors (Lipinski definition) is 2. The van der Waals surface area contributed by atoms with E-state index in [0.29, 0.717) is 35.4 Å². The number of methoxy groups -OCH3 is 1. The fourth-order valence-electron chi connectivity index (χ4n) is 3.37. The standard InChI is InChI=1S/C22H33ClN6O4/c1-13(2)11-28-20(24)18(21(31)25-22(28)32)27(9-10-33-6)17(30)8-7-16-15(5)26-29(19(16)23)12-14(3)4/h7-8,13-14H,9-12,24H2,1-6H3,(H,25,31,32). The molecule has 2 heterocycles. The number of nitrogens with two attached hydrogens (primary N) is 1. The van der Waals surface area contributed by atoms with Gasteiger partial charge in [0.15, 0.2) is 5.69 Å². The largest absolute Gasteiger partial charge is 0.383 e. The molecular formula is C22H33ClN6O4. The van der Waals surface area contributed by atoms with Gasteiger partial charge in [-0.15, -0.1) is 0 Å². The van der Waals surface area contributed by atoms with Crippen molar-refractivity contribution in [3.05, 3.63) is 43.3 Å². The predicted molar refractivity (Wildman–Crippen MR) is 131 cm³/mol. The fourth-order valence-corrected chi connectivity index (χ4v) is 3.67. The highest BCUT2D eigenvalue weighted by Gasteiger charge is 2.23. The van der Waals surface area contributed by atoms with Gasteiger partial charge in [-0.3, -0.25) is 28.7 Å². The van der Waals surface area contributed by atoms with Gasteiger partial charge < -0.3 is 10.5 Å². The van der Waals surface area contributed by atoms with Gasteiger partial charge in [0.05, 0.1) is 12.3 Å². The summed E-state index contributed by atoms with van der Waals surface area (Å²) in [7, 11) is 1.48. The number of nitrogen functional groups attached to an aromatic ring is 1. The van der Waals surface area contributed by atoms with E-state index in [1.807, 2.05) is 13.8 Å². The Kier molecular flexibility index (Phi) is 9.07. The highest BCUT2D eigenvalue weighted by Crippen LogP contribution is 2.23. The van der Waals surface area contributed by atoms with Crippen LogP contribution in [-0.2, 0) is 22.6 Å². The first-order chi connectivity index (χ1) is 15.5. The number of anilines is 2. The van der Waals surface area contributed by atoms with Crippen molar-refractivity contribution in [1.82, 2.24) is 19.3 Å². The Morgan fingerprint density at radius 2 is 1.88 bits per heavy atom. The SMILES string of the molecule is COCCN(C(=O)C=Cc1c(C)nn(CC(C)C)c1Cl)c1c(N)n(CC(C)C)c(=O)[nH]c1=O. The molecule has 0 spiro atoms. The van der Waals surface area contributed by atoms with Gasteiger partial charge in [0.2, 0.25) is 0 Å². The Morgan fingerprint density at radius 1 is 1.24 bits per heavy atom. The summed E-state index contributed by atoms with van der Waals surface area (Å²) in [6, 6.07) is 0. The highest BCUT2D eigenvalue weighted by atomic mass is 35.5. The van der Waals surface area contributed by atoms with Crippen LogP contribution in [0.25, 0.3) is 6.08 Å². The number of aromatic nitrogens is 4. The number of carbonyl (C=O) groups is 1. The number of hydrogen-bond acceptors (Lipinski definition) is 6. The lowest BCUT2D eigenvalue weighted by Crippen LogP contribution is -2.42. The number of ether oxygens (including phenoxy) is 1. The smallest absolute Gasteiger partial charge is 0.330 e. The molecule has 0 aliphatic heterocycles. The summed E-state index contributed by atoms with van der Waals surface area (Å²) in [5.74, 6) is -0.138. The lowest BCUT2D eigenvalue weighted by atomic mass is 10.2. The minimum absolute atomic E-state index is 0.0617. The maximum absolute atomic E-state index is 13.2. The van der Waals surface area contributed by atoms with Crippen molar-refractivity contribution in [2.45, 2.75) is 47.7 Å². The van der Waals surface area contributed by atoms with Crippen molar-refractivity contribution in [3.63, 3.8) is 0 Å².